The number of hydrogen-bond donors (Lipinski definition) is 0. The summed E-state index contributed by atoms with van der Waals surface area (Å²) in [6.45, 7) is 3.89. The van der Waals surface area contributed by atoms with Crippen molar-refractivity contribution in [1.29, 1.82) is 0 Å². The molecule has 0 aromatic rings. The summed E-state index contributed by atoms with van der Waals surface area (Å²) in [5, 5.41) is 9.14. The molecule has 2 rings (SSSR count). The molecule has 8 heteroatoms. The summed E-state index contributed by atoms with van der Waals surface area (Å²) in [6.07, 6.45) is -0.0377. The molecule has 5 atom stereocenters. The molecular formula is C9H13NO6S. The molecule has 2 fully saturated rings. The molecular weight excluding hydrogens is 250 g/mol. The SMILES string of the molecule is C=CCS(=O)[C@@H]1CO[C@@H]2[C@H]1OC[C@H]2O[N+](=O)[O-]. The smallest absolute Gasteiger partial charge is 0.294 e. The van der Waals surface area contributed by atoms with Crippen LogP contribution in [0.5, 0.6) is 0 Å². The van der Waals surface area contributed by atoms with Crippen LogP contribution < -0.4 is 0 Å². The third-order valence-corrected chi connectivity index (χ3v) is 4.45. The zero-order valence-electron chi connectivity index (χ0n) is 9.02. The van der Waals surface area contributed by atoms with E-state index in [9.17, 15) is 14.3 Å². The highest BCUT2D eigenvalue weighted by Gasteiger charge is 2.51. The fourth-order valence-electron chi connectivity index (χ4n) is 2.10. The maximum Gasteiger partial charge on any atom is 0.294 e. The van der Waals surface area contributed by atoms with Crippen molar-refractivity contribution in [2.24, 2.45) is 0 Å². The van der Waals surface area contributed by atoms with E-state index < -0.39 is 28.1 Å². The fourth-order valence-corrected chi connectivity index (χ4v) is 3.34. The number of fused-ring (bicyclic) bond motifs is 1. The number of ether oxygens (including phenoxy) is 2. The summed E-state index contributed by atoms with van der Waals surface area (Å²) in [7, 11) is -1.13. The minimum absolute atomic E-state index is 0.0953. The first-order valence-corrected chi connectivity index (χ1v) is 6.54. The Morgan fingerprint density at radius 3 is 2.82 bits per heavy atom. The van der Waals surface area contributed by atoms with Crippen LogP contribution in [0.25, 0.3) is 0 Å². The summed E-state index contributed by atoms with van der Waals surface area (Å²) in [6, 6.07) is 0. The van der Waals surface area contributed by atoms with Crippen LogP contribution in [0.1, 0.15) is 0 Å². The maximum atomic E-state index is 11.8. The van der Waals surface area contributed by atoms with E-state index >= 15 is 0 Å². The molecule has 0 spiro atoms. The van der Waals surface area contributed by atoms with Crippen molar-refractivity contribution in [3.8, 4) is 0 Å². The topological polar surface area (TPSA) is 87.9 Å². The molecule has 0 aliphatic carbocycles. The third kappa shape index (κ3) is 2.48. The molecule has 0 aromatic carbocycles. The second kappa shape index (κ2) is 5.11. The molecule has 1 unspecified atom stereocenters. The Labute approximate surface area is 100 Å². The van der Waals surface area contributed by atoms with Crippen LogP contribution in [0.15, 0.2) is 12.7 Å². The van der Waals surface area contributed by atoms with Gasteiger partial charge in [0.1, 0.15) is 12.2 Å². The lowest BCUT2D eigenvalue weighted by molar-refractivity contribution is -0.769. The summed E-state index contributed by atoms with van der Waals surface area (Å²) < 4.78 is 22.6. The molecule has 7 nitrogen and oxygen atoms in total. The standard InChI is InChI=1S/C9H13NO6S/c1-2-3-17(13)7-5-15-8-6(16-10(11)12)4-14-9(7)8/h2,6-9H,1,3-5H2/t6-,7-,8+,9+,17?/m1/s1. The number of nitrogens with zero attached hydrogens (tertiary/aromatic N) is 1. The molecule has 2 heterocycles. The van der Waals surface area contributed by atoms with E-state index in [2.05, 4.69) is 11.4 Å². The van der Waals surface area contributed by atoms with Gasteiger partial charge in [-0.2, -0.15) is 0 Å². The average Bonchev–Trinajstić information content (AvgIpc) is 2.80. The normalized spacial score (nSPS) is 37.4. The van der Waals surface area contributed by atoms with Gasteiger partial charge in [-0.05, 0) is 0 Å². The fraction of sp³-hybridized carbons (Fsp3) is 0.778. The molecule has 0 aromatic heterocycles. The number of rotatable bonds is 5. The Kier molecular flexibility index (Phi) is 3.75. The largest absolute Gasteiger partial charge is 0.372 e. The monoisotopic (exact) mass is 263 g/mol. The highest BCUT2D eigenvalue weighted by atomic mass is 32.2. The Bertz CT molecular complexity index is 348. The quantitative estimate of drug-likeness (QED) is 0.383. The van der Waals surface area contributed by atoms with E-state index in [1.807, 2.05) is 0 Å². The first kappa shape index (κ1) is 12.5. The molecule has 0 amide bonds. The highest BCUT2D eigenvalue weighted by molar-refractivity contribution is 7.85. The second-order valence-electron chi connectivity index (χ2n) is 3.84. The first-order valence-electron chi connectivity index (χ1n) is 5.16. The van der Waals surface area contributed by atoms with Crippen molar-refractivity contribution < 1.29 is 23.6 Å². The van der Waals surface area contributed by atoms with E-state index in [1.54, 1.807) is 6.08 Å². The van der Waals surface area contributed by atoms with Crippen molar-refractivity contribution in [1.82, 2.24) is 0 Å². The van der Waals surface area contributed by atoms with Gasteiger partial charge in [-0.3, -0.25) is 4.21 Å². The predicted molar refractivity (Wildman–Crippen MR) is 58.3 cm³/mol. The van der Waals surface area contributed by atoms with E-state index in [0.717, 1.165) is 0 Å². The van der Waals surface area contributed by atoms with Gasteiger partial charge in [-0.15, -0.1) is 16.7 Å². The molecule has 96 valence electrons. The maximum absolute atomic E-state index is 11.8. The Morgan fingerprint density at radius 1 is 1.47 bits per heavy atom. The van der Waals surface area contributed by atoms with Gasteiger partial charge in [0.05, 0.1) is 18.5 Å². The molecule has 0 saturated carbocycles. The average molecular weight is 263 g/mol. The third-order valence-electron chi connectivity index (χ3n) is 2.80. The Hall–Kier alpha value is -0.990. The number of hydrogen-bond acceptors (Lipinski definition) is 6. The van der Waals surface area contributed by atoms with Crippen LogP contribution in [0, 0.1) is 10.1 Å². The molecule has 0 radical (unpaired) electrons. The summed E-state index contributed by atoms with van der Waals surface area (Å²) >= 11 is 0. The zero-order chi connectivity index (χ0) is 12.4. The van der Waals surface area contributed by atoms with E-state index in [0.29, 0.717) is 5.75 Å². The second-order valence-corrected chi connectivity index (χ2v) is 5.54. The molecule has 2 aliphatic heterocycles. The van der Waals surface area contributed by atoms with E-state index in [4.69, 9.17) is 9.47 Å². The van der Waals surface area contributed by atoms with Crippen LogP contribution in [0.4, 0.5) is 0 Å². The van der Waals surface area contributed by atoms with Crippen molar-refractivity contribution in [3.05, 3.63) is 22.8 Å². The van der Waals surface area contributed by atoms with Crippen LogP contribution in [0.3, 0.4) is 0 Å². The molecule has 0 bridgehead atoms. The van der Waals surface area contributed by atoms with Gasteiger partial charge in [0.2, 0.25) is 0 Å². The molecule has 2 saturated heterocycles. The highest BCUT2D eigenvalue weighted by Crippen LogP contribution is 2.31. The van der Waals surface area contributed by atoms with Crippen molar-refractivity contribution in [3.63, 3.8) is 0 Å². The van der Waals surface area contributed by atoms with Crippen LogP contribution in [-0.2, 0) is 25.1 Å². The minimum Gasteiger partial charge on any atom is -0.372 e. The van der Waals surface area contributed by atoms with Crippen molar-refractivity contribution in [2.45, 2.75) is 23.6 Å². The Balaban J connectivity index is 1.99. The van der Waals surface area contributed by atoms with Gasteiger partial charge >= 0.3 is 0 Å². The van der Waals surface area contributed by atoms with Crippen molar-refractivity contribution in [2.75, 3.05) is 19.0 Å². The molecule has 2 aliphatic rings. The first-order chi connectivity index (χ1) is 8.13. The van der Waals surface area contributed by atoms with Crippen molar-refractivity contribution >= 4 is 10.8 Å². The summed E-state index contributed by atoms with van der Waals surface area (Å²) in [5.41, 5.74) is 0. The van der Waals surface area contributed by atoms with Gasteiger partial charge in [-0.25, -0.2) is 0 Å². The lowest BCUT2D eigenvalue weighted by Crippen LogP contribution is -2.36. The lowest BCUT2D eigenvalue weighted by atomic mass is 10.1. The van der Waals surface area contributed by atoms with E-state index in [1.165, 1.54) is 0 Å². The van der Waals surface area contributed by atoms with Crippen LogP contribution >= 0.6 is 0 Å². The van der Waals surface area contributed by atoms with Crippen LogP contribution in [-0.4, -0.2) is 51.8 Å². The van der Waals surface area contributed by atoms with Gasteiger partial charge in [0.25, 0.3) is 5.09 Å². The lowest BCUT2D eigenvalue weighted by Gasteiger charge is -2.14. The zero-order valence-corrected chi connectivity index (χ0v) is 9.84. The van der Waals surface area contributed by atoms with Crippen LogP contribution in [0.2, 0.25) is 0 Å². The van der Waals surface area contributed by atoms with Gasteiger partial charge in [0.15, 0.2) is 6.10 Å². The Morgan fingerprint density at radius 2 is 2.18 bits per heavy atom. The van der Waals surface area contributed by atoms with Gasteiger partial charge in [-0.1, -0.05) is 6.08 Å². The molecule has 17 heavy (non-hydrogen) atoms. The predicted octanol–water partition coefficient (Wildman–Crippen LogP) is -0.336. The van der Waals surface area contributed by atoms with Gasteiger partial charge in [0, 0.05) is 16.6 Å². The molecule has 0 N–H and O–H groups in total. The minimum atomic E-state index is -1.13. The summed E-state index contributed by atoms with van der Waals surface area (Å²) in [5.74, 6) is 0.362. The van der Waals surface area contributed by atoms with Gasteiger partial charge < -0.3 is 14.3 Å². The summed E-state index contributed by atoms with van der Waals surface area (Å²) in [4.78, 5) is 14.7. The van der Waals surface area contributed by atoms with E-state index in [-0.39, 0.29) is 24.6 Å².